The second kappa shape index (κ2) is 7.50. The zero-order chi connectivity index (χ0) is 19.7. The highest BCUT2D eigenvalue weighted by Gasteiger charge is 2.35. The molecule has 1 aliphatic carbocycles. The van der Waals surface area contributed by atoms with Gasteiger partial charge in [0, 0.05) is 12.6 Å². The molecule has 2 aromatic carbocycles. The van der Waals surface area contributed by atoms with Gasteiger partial charge in [-0.05, 0) is 48.6 Å². The molecule has 4 rings (SSSR count). The Bertz CT molecular complexity index is 938. The number of benzene rings is 2. The van der Waals surface area contributed by atoms with E-state index in [1.807, 2.05) is 24.3 Å². The number of nitrogens with one attached hydrogen (secondary N) is 1. The molecule has 1 unspecified atom stereocenters. The highest BCUT2D eigenvalue weighted by atomic mass is 16.5. The van der Waals surface area contributed by atoms with Crippen LogP contribution >= 0.6 is 0 Å². The van der Waals surface area contributed by atoms with E-state index in [2.05, 4.69) is 5.32 Å². The molecular formula is C21H22N2O5. The van der Waals surface area contributed by atoms with Crippen molar-refractivity contribution in [2.75, 3.05) is 13.2 Å². The molecule has 2 aromatic rings. The van der Waals surface area contributed by atoms with Crippen molar-refractivity contribution in [3.05, 3.63) is 42.0 Å². The van der Waals surface area contributed by atoms with Crippen LogP contribution < -0.4 is 10.1 Å². The average Bonchev–Trinajstić information content (AvgIpc) is 3.35. The van der Waals surface area contributed by atoms with E-state index in [9.17, 15) is 19.5 Å². The fourth-order valence-electron chi connectivity index (χ4n) is 3.57. The molecule has 1 atom stereocenters. The molecule has 1 heterocycles. The molecule has 0 bridgehead atoms. The van der Waals surface area contributed by atoms with E-state index >= 15 is 0 Å². The van der Waals surface area contributed by atoms with Crippen LogP contribution in [-0.2, 0) is 9.59 Å². The topological polar surface area (TPSA) is 95.9 Å². The number of carbonyl (C=O) groups excluding carboxylic acids is 2. The Hall–Kier alpha value is -3.09. The quantitative estimate of drug-likeness (QED) is 0.798. The van der Waals surface area contributed by atoms with E-state index in [0.29, 0.717) is 25.1 Å². The fraction of sp³-hybridized carbons (Fsp3) is 0.381. The number of carbonyl (C=O) groups is 3. The first-order chi connectivity index (χ1) is 13.5. The summed E-state index contributed by atoms with van der Waals surface area (Å²) in [5.74, 6) is -1.31. The molecular weight excluding hydrogens is 360 g/mol. The van der Waals surface area contributed by atoms with E-state index < -0.39 is 12.0 Å². The van der Waals surface area contributed by atoms with Crippen molar-refractivity contribution in [1.82, 2.24) is 10.2 Å². The number of amides is 2. The first-order valence-corrected chi connectivity index (χ1v) is 9.51. The number of rotatable bonds is 6. The number of aliphatic carboxylic acids is 1. The normalized spacial score (nSPS) is 18.9. The van der Waals surface area contributed by atoms with Gasteiger partial charge in [-0.2, -0.15) is 0 Å². The molecule has 2 aliphatic rings. The van der Waals surface area contributed by atoms with Crippen molar-refractivity contribution >= 4 is 28.6 Å². The Morgan fingerprint density at radius 1 is 1.11 bits per heavy atom. The lowest BCUT2D eigenvalue weighted by molar-refractivity contribution is -0.141. The van der Waals surface area contributed by atoms with E-state index in [1.54, 1.807) is 12.1 Å². The Morgan fingerprint density at radius 2 is 1.82 bits per heavy atom. The van der Waals surface area contributed by atoms with E-state index in [-0.39, 0.29) is 30.0 Å². The van der Waals surface area contributed by atoms with Gasteiger partial charge in [-0.15, -0.1) is 0 Å². The minimum Gasteiger partial charge on any atom is -0.483 e. The molecule has 7 heteroatoms. The van der Waals surface area contributed by atoms with Gasteiger partial charge in [0.25, 0.3) is 11.8 Å². The minimum atomic E-state index is -1.00. The molecule has 1 aliphatic heterocycles. The monoisotopic (exact) mass is 382 g/mol. The summed E-state index contributed by atoms with van der Waals surface area (Å²) in [7, 11) is 0. The molecule has 7 nitrogen and oxygen atoms in total. The molecule has 1 saturated carbocycles. The predicted octanol–water partition coefficient (Wildman–Crippen LogP) is 2.19. The summed E-state index contributed by atoms with van der Waals surface area (Å²) in [5.41, 5.74) is 0.283. The van der Waals surface area contributed by atoms with Gasteiger partial charge in [-0.3, -0.25) is 9.59 Å². The van der Waals surface area contributed by atoms with Crippen molar-refractivity contribution in [3.63, 3.8) is 0 Å². The van der Waals surface area contributed by atoms with Crippen molar-refractivity contribution in [2.45, 2.75) is 37.8 Å². The number of carboxylic acid groups (broad SMARTS) is 1. The maximum absolute atomic E-state index is 13.1. The van der Waals surface area contributed by atoms with E-state index in [0.717, 1.165) is 23.6 Å². The lowest BCUT2D eigenvalue weighted by Gasteiger charge is -2.23. The Balaban J connectivity index is 1.63. The Morgan fingerprint density at radius 3 is 2.50 bits per heavy atom. The molecule has 28 heavy (non-hydrogen) atoms. The molecule has 0 radical (unpaired) electrons. The lowest BCUT2D eigenvalue weighted by atomic mass is 10.0. The lowest BCUT2D eigenvalue weighted by Crippen LogP contribution is -2.40. The van der Waals surface area contributed by atoms with Gasteiger partial charge < -0.3 is 20.1 Å². The van der Waals surface area contributed by atoms with Crippen molar-refractivity contribution in [2.24, 2.45) is 0 Å². The molecule has 146 valence electrons. The van der Waals surface area contributed by atoms with Crippen LogP contribution in [0.4, 0.5) is 0 Å². The van der Waals surface area contributed by atoms with Crippen LogP contribution in [0.25, 0.3) is 10.8 Å². The number of likely N-dealkylation sites (tertiary alicyclic amines) is 1. The Kier molecular flexibility index (Phi) is 4.90. The first kappa shape index (κ1) is 18.3. The average molecular weight is 382 g/mol. The molecule has 2 amide bonds. The van der Waals surface area contributed by atoms with Crippen LogP contribution in [0.15, 0.2) is 36.4 Å². The zero-order valence-electron chi connectivity index (χ0n) is 15.4. The third-order valence-electron chi connectivity index (χ3n) is 5.18. The number of nitrogens with zero attached hydrogens (tertiary/aromatic N) is 1. The maximum Gasteiger partial charge on any atom is 0.326 e. The highest BCUT2D eigenvalue weighted by Crippen LogP contribution is 2.30. The first-order valence-electron chi connectivity index (χ1n) is 9.51. The third kappa shape index (κ3) is 3.78. The molecule has 2 N–H and O–H groups in total. The van der Waals surface area contributed by atoms with Crippen LogP contribution in [-0.4, -0.2) is 53.0 Å². The number of hydrogen-bond donors (Lipinski definition) is 2. The highest BCUT2D eigenvalue weighted by molar-refractivity contribution is 6.03. The summed E-state index contributed by atoms with van der Waals surface area (Å²) >= 11 is 0. The summed E-state index contributed by atoms with van der Waals surface area (Å²) in [6.45, 7) is 0.210. The van der Waals surface area contributed by atoms with Gasteiger partial charge in [0.05, 0.1) is 5.56 Å². The number of hydrogen-bond acceptors (Lipinski definition) is 4. The van der Waals surface area contributed by atoms with Gasteiger partial charge in [0.2, 0.25) is 0 Å². The van der Waals surface area contributed by atoms with Crippen LogP contribution in [0.5, 0.6) is 5.75 Å². The molecule has 0 spiro atoms. The second-order valence-corrected chi connectivity index (χ2v) is 7.32. The Labute approximate surface area is 162 Å². The number of fused-ring (bicyclic) bond motifs is 1. The van der Waals surface area contributed by atoms with Gasteiger partial charge >= 0.3 is 5.97 Å². The minimum absolute atomic E-state index is 0.183. The molecule has 2 fully saturated rings. The standard InChI is InChI=1S/C21H22N2O5/c24-19(22-15-7-8-15)12-28-18-11-14-5-2-1-4-13(14)10-16(18)20(25)23-9-3-6-17(23)21(26)27/h1-2,4-5,10-11,15,17H,3,6-9,12H2,(H,22,24)(H,26,27). The van der Waals surface area contributed by atoms with Gasteiger partial charge in [-0.1, -0.05) is 24.3 Å². The number of carboxylic acids is 1. The van der Waals surface area contributed by atoms with Gasteiger partial charge in [-0.25, -0.2) is 4.79 Å². The van der Waals surface area contributed by atoms with Crippen molar-refractivity contribution in [3.8, 4) is 5.75 Å². The summed E-state index contributed by atoms with van der Waals surface area (Å²) in [4.78, 5) is 38.0. The molecule has 0 aromatic heterocycles. The predicted molar refractivity (Wildman–Crippen MR) is 102 cm³/mol. The summed E-state index contributed by atoms with van der Waals surface area (Å²) in [5, 5.41) is 14.0. The van der Waals surface area contributed by atoms with Crippen LogP contribution in [0, 0.1) is 0 Å². The largest absolute Gasteiger partial charge is 0.483 e. The van der Waals surface area contributed by atoms with Crippen molar-refractivity contribution < 1.29 is 24.2 Å². The number of ether oxygens (including phenoxy) is 1. The fourth-order valence-corrected chi connectivity index (χ4v) is 3.57. The van der Waals surface area contributed by atoms with Crippen molar-refractivity contribution in [1.29, 1.82) is 0 Å². The zero-order valence-corrected chi connectivity index (χ0v) is 15.4. The van der Waals surface area contributed by atoms with E-state index in [1.165, 1.54) is 4.90 Å². The maximum atomic E-state index is 13.1. The smallest absolute Gasteiger partial charge is 0.326 e. The van der Waals surface area contributed by atoms with Crippen LogP contribution in [0.3, 0.4) is 0 Å². The summed E-state index contributed by atoms with van der Waals surface area (Å²) in [6, 6.07) is 10.4. The van der Waals surface area contributed by atoms with Crippen LogP contribution in [0.1, 0.15) is 36.0 Å². The van der Waals surface area contributed by atoms with E-state index in [4.69, 9.17) is 4.74 Å². The summed E-state index contributed by atoms with van der Waals surface area (Å²) < 4.78 is 5.71. The van der Waals surface area contributed by atoms with Gasteiger partial charge in [0.1, 0.15) is 11.8 Å². The van der Waals surface area contributed by atoms with Gasteiger partial charge in [0.15, 0.2) is 6.61 Å². The second-order valence-electron chi connectivity index (χ2n) is 7.32. The SMILES string of the molecule is O=C(COc1cc2ccccc2cc1C(=O)N1CCCC1C(=O)O)NC1CC1. The third-order valence-corrected chi connectivity index (χ3v) is 5.18. The summed E-state index contributed by atoms with van der Waals surface area (Å²) in [6.07, 6.45) is 3.05. The molecule has 1 saturated heterocycles. The van der Waals surface area contributed by atoms with Crippen LogP contribution in [0.2, 0.25) is 0 Å².